The van der Waals surface area contributed by atoms with E-state index in [9.17, 15) is 0 Å². The van der Waals surface area contributed by atoms with Crippen LogP contribution in [0.1, 0.15) is 0 Å². The van der Waals surface area contributed by atoms with Gasteiger partial charge in [0.2, 0.25) is 0 Å². The molecule has 1 aromatic carbocycles. The highest BCUT2D eigenvalue weighted by atomic mass is 35.5. The second kappa shape index (κ2) is 4.70. The summed E-state index contributed by atoms with van der Waals surface area (Å²) in [7, 11) is 0. The molecule has 0 radical (unpaired) electrons. The van der Waals surface area contributed by atoms with Gasteiger partial charge < -0.3 is 20.8 Å². The largest absolute Gasteiger partial charge is 0.422 e. The Kier molecular flexibility index (Phi) is 3.57. The van der Waals surface area contributed by atoms with Crippen LogP contribution in [0.4, 0.5) is 11.4 Å². The van der Waals surface area contributed by atoms with Crippen molar-refractivity contribution in [2.45, 2.75) is 0 Å². The number of benzene rings is 1. The van der Waals surface area contributed by atoms with Gasteiger partial charge in [0.25, 0.3) is 0 Å². The zero-order valence-electron chi connectivity index (χ0n) is 6.70. The number of halogens is 2. The van der Waals surface area contributed by atoms with E-state index in [0.29, 0.717) is 0 Å². The molecular formula is C8H2Cl2N4-2. The van der Waals surface area contributed by atoms with Gasteiger partial charge in [-0.15, -0.1) is 0 Å². The van der Waals surface area contributed by atoms with Crippen molar-refractivity contribution in [3.63, 3.8) is 0 Å². The fraction of sp³-hybridized carbons (Fsp3) is 0. The van der Waals surface area contributed by atoms with Crippen LogP contribution >= 0.6 is 23.2 Å². The zero-order valence-corrected chi connectivity index (χ0v) is 8.21. The molecule has 70 valence electrons. The Balaban J connectivity index is 3.39. The van der Waals surface area contributed by atoms with Crippen LogP contribution in [0.5, 0.6) is 0 Å². The topological polar surface area (TPSA) is 69.3 Å². The van der Waals surface area contributed by atoms with Crippen molar-refractivity contribution in [3.05, 3.63) is 33.0 Å². The van der Waals surface area contributed by atoms with E-state index in [0.717, 1.165) is 0 Å². The molecule has 1 aromatic rings. The first-order valence-electron chi connectivity index (χ1n) is 3.38. The van der Waals surface area contributed by atoms with Crippen LogP contribution in [-0.2, 0) is 0 Å². The third kappa shape index (κ3) is 2.08. The minimum atomic E-state index is 0.115. The van der Waals surface area contributed by atoms with Gasteiger partial charge in [-0.2, -0.15) is 12.0 Å². The summed E-state index contributed by atoms with van der Waals surface area (Å²) in [6, 6.07) is 6.11. The van der Waals surface area contributed by atoms with Crippen LogP contribution in [0.3, 0.4) is 0 Å². The van der Waals surface area contributed by atoms with E-state index in [-0.39, 0.29) is 21.4 Å². The first-order chi connectivity index (χ1) is 6.70. The van der Waals surface area contributed by atoms with Gasteiger partial charge in [0.15, 0.2) is 0 Å². The van der Waals surface area contributed by atoms with Crippen LogP contribution in [0.2, 0.25) is 10.0 Å². The van der Waals surface area contributed by atoms with Crippen molar-refractivity contribution in [3.8, 4) is 0 Å². The first kappa shape index (κ1) is 10.6. The second-order valence-electron chi connectivity index (χ2n) is 2.16. The molecule has 0 amide bonds. The summed E-state index contributed by atoms with van der Waals surface area (Å²) in [5.74, 6) is 0. The smallest absolute Gasteiger partial charge is 0.0631 e. The highest BCUT2D eigenvalue weighted by Gasteiger charge is 2.01. The third-order valence-corrected chi connectivity index (χ3v) is 2.24. The molecule has 0 aliphatic rings. The molecule has 0 N–H and O–H groups in total. The molecule has 0 aromatic heterocycles. The van der Waals surface area contributed by atoms with Crippen LogP contribution in [0.25, 0.3) is 10.8 Å². The summed E-state index contributed by atoms with van der Waals surface area (Å²) < 4.78 is 0. The fourth-order valence-electron chi connectivity index (χ4n) is 0.810. The lowest BCUT2D eigenvalue weighted by Crippen LogP contribution is -1.73. The number of hydrogen-bond donors (Lipinski definition) is 0. The fourth-order valence-corrected chi connectivity index (χ4v) is 1.21. The summed E-state index contributed by atoms with van der Waals surface area (Å²) in [5.41, 5.74) is 0.520. The Hall–Kier alpha value is -1.44. The van der Waals surface area contributed by atoms with Crippen LogP contribution in [0.15, 0.2) is 22.1 Å². The zero-order chi connectivity index (χ0) is 10.6. The molecule has 14 heavy (non-hydrogen) atoms. The van der Waals surface area contributed by atoms with Gasteiger partial charge in [-0.25, -0.2) is 0 Å². The molecule has 0 saturated carbocycles. The van der Waals surface area contributed by atoms with E-state index in [1.807, 2.05) is 0 Å². The predicted octanol–water partition coefficient (Wildman–Crippen LogP) is 3.74. The average molecular weight is 225 g/mol. The van der Waals surface area contributed by atoms with Crippen molar-refractivity contribution < 1.29 is 0 Å². The van der Waals surface area contributed by atoms with Gasteiger partial charge in [-0.05, 0) is 11.4 Å². The molecule has 0 atom stereocenters. The molecule has 0 heterocycles. The van der Waals surface area contributed by atoms with E-state index < -0.39 is 0 Å². The maximum atomic E-state index is 8.31. The minimum absolute atomic E-state index is 0.115. The van der Waals surface area contributed by atoms with Crippen LogP contribution in [-0.4, -0.2) is 12.0 Å². The monoisotopic (exact) mass is 224 g/mol. The van der Waals surface area contributed by atoms with Crippen LogP contribution < -0.4 is 0 Å². The van der Waals surface area contributed by atoms with Crippen molar-refractivity contribution >= 4 is 46.6 Å². The van der Waals surface area contributed by atoms with Crippen molar-refractivity contribution in [1.29, 1.82) is 0 Å². The van der Waals surface area contributed by atoms with Crippen LogP contribution in [0, 0.1) is 0 Å². The van der Waals surface area contributed by atoms with E-state index in [1.165, 1.54) is 12.1 Å². The third-order valence-electron chi connectivity index (χ3n) is 1.38. The molecule has 0 bridgehead atoms. The van der Waals surface area contributed by atoms with Gasteiger partial charge in [0.05, 0.1) is 10.0 Å². The summed E-state index contributed by atoms with van der Waals surface area (Å²) in [6.45, 7) is 0. The van der Waals surface area contributed by atoms with Gasteiger partial charge in [-0.3, -0.25) is 0 Å². The normalized spacial score (nSPS) is 8.71. The lowest BCUT2D eigenvalue weighted by atomic mass is 10.3. The van der Waals surface area contributed by atoms with Gasteiger partial charge in [0, 0.05) is 0 Å². The van der Waals surface area contributed by atoms with E-state index >= 15 is 0 Å². The molecule has 0 unspecified atom stereocenters. The van der Waals surface area contributed by atoms with Crippen molar-refractivity contribution in [2.75, 3.05) is 0 Å². The number of rotatable bonds is 2. The summed E-state index contributed by atoms with van der Waals surface area (Å²) in [4.78, 5) is 6.87. The Labute approximate surface area is 89.9 Å². The molecular weight excluding hydrogens is 223 g/mol. The molecule has 0 aliphatic carbocycles. The molecule has 0 spiro atoms. The lowest BCUT2D eigenvalue weighted by molar-refractivity contribution is 1.49. The van der Waals surface area contributed by atoms with E-state index in [2.05, 4.69) is 9.98 Å². The molecule has 6 heteroatoms. The lowest BCUT2D eigenvalue weighted by Gasteiger charge is -2.09. The highest BCUT2D eigenvalue weighted by molar-refractivity contribution is 6.45. The molecule has 0 fully saturated rings. The minimum Gasteiger partial charge on any atom is -0.422 e. The van der Waals surface area contributed by atoms with Crippen molar-refractivity contribution in [1.82, 2.24) is 0 Å². The Morgan fingerprint density at radius 3 is 1.57 bits per heavy atom. The molecule has 1 rings (SSSR count). The molecule has 4 nitrogen and oxygen atoms in total. The molecule has 0 saturated heterocycles. The number of aliphatic imine (C=N–C) groups is 2. The number of hydrogen-bond acceptors (Lipinski definition) is 2. The Morgan fingerprint density at radius 2 is 1.29 bits per heavy atom. The highest BCUT2D eigenvalue weighted by Crippen LogP contribution is 2.38. The van der Waals surface area contributed by atoms with Crippen molar-refractivity contribution in [2.24, 2.45) is 9.98 Å². The standard InChI is InChI=1S/C8H2Cl2N4/c9-7-5(13-3-11)1-2-6(8(7)10)14-4-12/h1-2H/q-2. The van der Waals surface area contributed by atoms with Gasteiger partial charge >= 0.3 is 0 Å². The van der Waals surface area contributed by atoms with Gasteiger partial charge in [0.1, 0.15) is 0 Å². The Bertz CT molecular complexity index is 414. The number of nitrogens with zero attached hydrogens (tertiary/aromatic N) is 4. The molecule has 0 aliphatic heterocycles. The SMILES string of the molecule is [N-]=C=Nc1ccc(N=C=[N-])c(Cl)c1Cl. The van der Waals surface area contributed by atoms with E-state index in [1.54, 1.807) is 12.0 Å². The maximum Gasteiger partial charge on any atom is 0.0631 e. The summed E-state index contributed by atoms with van der Waals surface area (Å²) in [6.07, 6.45) is 0. The van der Waals surface area contributed by atoms with E-state index in [4.69, 9.17) is 34.0 Å². The maximum absolute atomic E-state index is 8.31. The quantitative estimate of drug-likeness (QED) is 0.687. The summed E-state index contributed by atoms with van der Waals surface area (Å²) >= 11 is 11.5. The first-order valence-corrected chi connectivity index (χ1v) is 4.14. The van der Waals surface area contributed by atoms with Gasteiger partial charge in [-0.1, -0.05) is 35.3 Å². The Morgan fingerprint density at radius 1 is 0.929 bits per heavy atom. The summed E-state index contributed by atoms with van der Waals surface area (Å²) in [5, 5.41) is 16.9. The second-order valence-corrected chi connectivity index (χ2v) is 2.91. The predicted molar refractivity (Wildman–Crippen MR) is 57.4 cm³/mol. The average Bonchev–Trinajstić information content (AvgIpc) is 2.18.